The van der Waals surface area contributed by atoms with Gasteiger partial charge in [0, 0.05) is 18.8 Å². The Hall–Kier alpha value is -1.04. The van der Waals surface area contributed by atoms with E-state index >= 15 is 0 Å². The number of hydrogen-bond donors (Lipinski definition) is 2. The Labute approximate surface area is 115 Å². The molecule has 2 rings (SSSR count). The van der Waals surface area contributed by atoms with Gasteiger partial charge in [-0.05, 0) is 25.0 Å². The average molecular weight is 290 g/mol. The molecule has 18 heavy (non-hydrogen) atoms. The molecule has 1 aliphatic rings. The molecule has 0 aliphatic carbocycles. The molecule has 7 heteroatoms. The van der Waals surface area contributed by atoms with Crippen LogP contribution in [-0.2, 0) is 4.74 Å². The van der Waals surface area contributed by atoms with Crippen LogP contribution in [0.4, 0.5) is 10.5 Å². The number of hydrogen-bond acceptors (Lipinski definition) is 3. The Morgan fingerprint density at radius 1 is 1.44 bits per heavy atom. The first kappa shape index (κ1) is 13.4. The highest BCUT2D eigenvalue weighted by Crippen LogP contribution is 2.18. The summed E-state index contributed by atoms with van der Waals surface area (Å²) in [6, 6.07) is 2.74. The molecule has 2 N–H and O–H groups in total. The SMILES string of the molecule is O=C(NCC1CCCO1)Nc1cc(Cl)nc(Cl)c1. The third-order valence-electron chi connectivity index (χ3n) is 2.53. The molecule has 1 unspecified atom stereocenters. The van der Waals surface area contributed by atoms with Crippen molar-refractivity contribution in [2.75, 3.05) is 18.5 Å². The van der Waals surface area contributed by atoms with Gasteiger partial charge in [-0.2, -0.15) is 0 Å². The standard InChI is InChI=1S/C11H13Cl2N3O2/c12-9-4-7(5-10(13)16-9)15-11(17)14-6-8-2-1-3-18-8/h4-5,8H,1-3,6H2,(H2,14,15,16,17). The molecule has 0 saturated carbocycles. The molecule has 1 aliphatic heterocycles. The molecule has 5 nitrogen and oxygen atoms in total. The van der Waals surface area contributed by atoms with Crippen molar-refractivity contribution in [3.63, 3.8) is 0 Å². The minimum absolute atomic E-state index is 0.111. The molecule has 98 valence electrons. The second-order valence-electron chi connectivity index (χ2n) is 3.97. The third kappa shape index (κ3) is 4.01. The topological polar surface area (TPSA) is 63.2 Å². The van der Waals surface area contributed by atoms with Crippen LogP contribution in [0.5, 0.6) is 0 Å². The molecule has 0 aromatic carbocycles. The van der Waals surface area contributed by atoms with E-state index in [1.165, 1.54) is 12.1 Å². The van der Waals surface area contributed by atoms with Gasteiger partial charge in [-0.1, -0.05) is 23.2 Å². The summed E-state index contributed by atoms with van der Waals surface area (Å²) in [6.07, 6.45) is 2.14. The van der Waals surface area contributed by atoms with Crippen LogP contribution in [0, 0.1) is 0 Å². The maximum Gasteiger partial charge on any atom is 0.319 e. The van der Waals surface area contributed by atoms with Crippen LogP contribution in [-0.4, -0.2) is 30.3 Å². The van der Waals surface area contributed by atoms with Crippen LogP contribution in [0.1, 0.15) is 12.8 Å². The Morgan fingerprint density at radius 3 is 2.78 bits per heavy atom. The van der Waals surface area contributed by atoms with Gasteiger partial charge in [0.1, 0.15) is 10.3 Å². The highest BCUT2D eigenvalue weighted by Gasteiger charge is 2.16. The van der Waals surface area contributed by atoms with Crippen molar-refractivity contribution in [1.82, 2.24) is 10.3 Å². The van der Waals surface area contributed by atoms with Crippen molar-refractivity contribution in [2.24, 2.45) is 0 Å². The second-order valence-corrected chi connectivity index (χ2v) is 4.75. The molecular weight excluding hydrogens is 277 g/mol. The zero-order valence-electron chi connectivity index (χ0n) is 9.58. The first-order chi connectivity index (χ1) is 8.63. The number of urea groups is 1. The summed E-state index contributed by atoms with van der Waals surface area (Å²) in [4.78, 5) is 15.4. The number of halogens is 2. The van der Waals surface area contributed by atoms with Gasteiger partial charge in [-0.3, -0.25) is 0 Å². The Balaban J connectivity index is 1.82. The first-order valence-electron chi connectivity index (χ1n) is 5.63. The molecule has 1 aromatic heterocycles. The highest BCUT2D eigenvalue weighted by molar-refractivity contribution is 6.32. The molecule has 2 amide bonds. The fourth-order valence-electron chi connectivity index (χ4n) is 1.72. The van der Waals surface area contributed by atoms with E-state index in [2.05, 4.69) is 15.6 Å². The molecule has 2 heterocycles. The van der Waals surface area contributed by atoms with Crippen LogP contribution in [0.2, 0.25) is 10.3 Å². The molecule has 1 atom stereocenters. The number of nitrogens with one attached hydrogen (secondary N) is 2. The Bertz CT molecular complexity index is 416. The lowest BCUT2D eigenvalue weighted by molar-refractivity contribution is 0.112. The van der Waals surface area contributed by atoms with E-state index in [-0.39, 0.29) is 22.4 Å². The smallest absolute Gasteiger partial charge is 0.319 e. The molecule has 1 saturated heterocycles. The minimum Gasteiger partial charge on any atom is -0.376 e. The highest BCUT2D eigenvalue weighted by atomic mass is 35.5. The van der Waals surface area contributed by atoms with Crippen molar-refractivity contribution < 1.29 is 9.53 Å². The number of nitrogens with zero attached hydrogens (tertiary/aromatic N) is 1. The van der Waals surface area contributed by atoms with E-state index < -0.39 is 0 Å². The second kappa shape index (κ2) is 6.22. The van der Waals surface area contributed by atoms with Crippen LogP contribution in [0.3, 0.4) is 0 Å². The van der Waals surface area contributed by atoms with Gasteiger partial charge in [0.25, 0.3) is 0 Å². The van der Waals surface area contributed by atoms with E-state index in [9.17, 15) is 4.79 Å². The summed E-state index contributed by atoms with van der Waals surface area (Å²) in [5, 5.41) is 5.83. The number of anilines is 1. The summed E-state index contributed by atoms with van der Waals surface area (Å²) < 4.78 is 5.40. The maximum absolute atomic E-state index is 11.6. The fraction of sp³-hybridized carbons (Fsp3) is 0.455. The zero-order chi connectivity index (χ0) is 13.0. The van der Waals surface area contributed by atoms with Crippen molar-refractivity contribution in [3.05, 3.63) is 22.4 Å². The van der Waals surface area contributed by atoms with Gasteiger partial charge in [0.05, 0.1) is 6.10 Å². The monoisotopic (exact) mass is 289 g/mol. The molecule has 0 radical (unpaired) electrons. The molecule has 1 fully saturated rings. The van der Waals surface area contributed by atoms with Gasteiger partial charge in [-0.25, -0.2) is 9.78 Å². The molecule has 1 aromatic rings. The van der Waals surface area contributed by atoms with Crippen molar-refractivity contribution in [2.45, 2.75) is 18.9 Å². The van der Waals surface area contributed by atoms with Crippen LogP contribution in [0.25, 0.3) is 0 Å². The number of aromatic nitrogens is 1. The summed E-state index contributed by atoms with van der Waals surface area (Å²) in [7, 11) is 0. The normalized spacial score (nSPS) is 18.7. The molecular formula is C11H13Cl2N3O2. The van der Waals surface area contributed by atoms with E-state index in [0.717, 1.165) is 19.4 Å². The Morgan fingerprint density at radius 2 is 2.17 bits per heavy atom. The number of carbonyl (C=O) groups is 1. The lowest BCUT2D eigenvalue weighted by Gasteiger charge is -2.11. The number of rotatable bonds is 3. The lowest BCUT2D eigenvalue weighted by Crippen LogP contribution is -2.35. The van der Waals surface area contributed by atoms with Gasteiger partial charge < -0.3 is 15.4 Å². The van der Waals surface area contributed by atoms with Crippen LogP contribution >= 0.6 is 23.2 Å². The lowest BCUT2D eigenvalue weighted by atomic mass is 10.2. The summed E-state index contributed by atoms with van der Waals surface area (Å²) in [5.74, 6) is 0. The summed E-state index contributed by atoms with van der Waals surface area (Å²) >= 11 is 11.5. The van der Waals surface area contributed by atoms with Crippen molar-refractivity contribution in [1.29, 1.82) is 0 Å². The molecule has 0 bridgehead atoms. The van der Waals surface area contributed by atoms with E-state index in [1.54, 1.807) is 0 Å². The predicted octanol–water partition coefficient (Wildman–Crippen LogP) is 2.69. The zero-order valence-corrected chi connectivity index (χ0v) is 11.1. The quantitative estimate of drug-likeness (QED) is 0.841. The molecule has 0 spiro atoms. The number of ether oxygens (including phenoxy) is 1. The maximum atomic E-state index is 11.6. The van der Waals surface area contributed by atoms with E-state index in [4.69, 9.17) is 27.9 Å². The minimum atomic E-state index is -0.316. The number of amides is 2. The number of pyridine rings is 1. The van der Waals surface area contributed by atoms with Gasteiger partial charge in [-0.15, -0.1) is 0 Å². The van der Waals surface area contributed by atoms with Gasteiger partial charge in [0.2, 0.25) is 0 Å². The van der Waals surface area contributed by atoms with Crippen molar-refractivity contribution >= 4 is 34.9 Å². The average Bonchev–Trinajstić information content (AvgIpc) is 2.77. The summed E-state index contributed by atoms with van der Waals surface area (Å²) in [6.45, 7) is 1.27. The first-order valence-corrected chi connectivity index (χ1v) is 6.38. The van der Waals surface area contributed by atoms with E-state index in [1.807, 2.05) is 0 Å². The van der Waals surface area contributed by atoms with E-state index in [0.29, 0.717) is 12.2 Å². The fourth-order valence-corrected chi connectivity index (χ4v) is 2.18. The Kier molecular flexibility index (Phi) is 4.63. The van der Waals surface area contributed by atoms with Crippen molar-refractivity contribution in [3.8, 4) is 0 Å². The predicted molar refractivity (Wildman–Crippen MR) is 70.3 cm³/mol. The van der Waals surface area contributed by atoms with Gasteiger partial charge in [0.15, 0.2) is 0 Å². The number of carbonyl (C=O) groups excluding carboxylic acids is 1. The van der Waals surface area contributed by atoms with Gasteiger partial charge >= 0.3 is 6.03 Å². The third-order valence-corrected chi connectivity index (χ3v) is 2.92. The van der Waals surface area contributed by atoms with Crippen LogP contribution in [0.15, 0.2) is 12.1 Å². The van der Waals surface area contributed by atoms with Crippen LogP contribution < -0.4 is 10.6 Å². The largest absolute Gasteiger partial charge is 0.376 e. The summed E-state index contributed by atoms with van der Waals surface area (Å²) in [5.41, 5.74) is 0.504.